The first-order chi connectivity index (χ1) is 14.1. The summed E-state index contributed by atoms with van der Waals surface area (Å²) in [5.41, 5.74) is 4.52. The molecule has 0 aliphatic heterocycles. The third kappa shape index (κ3) is 7.14. The molecule has 0 radical (unpaired) electrons. The lowest BCUT2D eigenvalue weighted by atomic mass is 9.99. The normalized spacial score (nSPS) is 11.9. The van der Waals surface area contributed by atoms with Crippen molar-refractivity contribution in [2.45, 2.75) is 40.0 Å². The molecule has 0 saturated heterocycles. The Morgan fingerprint density at radius 3 is 2.34 bits per heavy atom. The van der Waals surface area contributed by atoms with Crippen LogP contribution in [0, 0.1) is 0 Å². The van der Waals surface area contributed by atoms with Gasteiger partial charge in [0.1, 0.15) is 5.75 Å². The molecule has 0 fully saturated rings. The molecule has 1 N–H and O–H groups in total. The van der Waals surface area contributed by atoms with E-state index in [1.165, 1.54) is 5.56 Å². The van der Waals surface area contributed by atoms with Crippen molar-refractivity contribution in [1.29, 1.82) is 0 Å². The van der Waals surface area contributed by atoms with Gasteiger partial charge in [0.15, 0.2) is 18.1 Å². The summed E-state index contributed by atoms with van der Waals surface area (Å²) in [5.74, 6) is 2.16. The summed E-state index contributed by atoms with van der Waals surface area (Å²) in [6, 6.07) is 13.3. The molecule has 156 valence electrons. The number of benzene rings is 2. The minimum absolute atomic E-state index is 0.104. The van der Waals surface area contributed by atoms with Gasteiger partial charge >= 0.3 is 0 Å². The fourth-order valence-electron chi connectivity index (χ4n) is 2.64. The monoisotopic (exact) mass is 398 g/mol. The minimum atomic E-state index is -0.330. The molecular formula is C23H30N2O4. The number of ether oxygens (including phenoxy) is 3. The Hall–Kier alpha value is -3.02. The Balaban J connectivity index is 1.85. The van der Waals surface area contributed by atoms with Crippen molar-refractivity contribution in [2.75, 3.05) is 19.8 Å². The van der Waals surface area contributed by atoms with Gasteiger partial charge < -0.3 is 14.2 Å². The third-order valence-corrected chi connectivity index (χ3v) is 4.40. The van der Waals surface area contributed by atoms with Crippen molar-refractivity contribution in [2.24, 2.45) is 5.10 Å². The van der Waals surface area contributed by atoms with Crippen LogP contribution in [0.4, 0.5) is 0 Å². The summed E-state index contributed by atoms with van der Waals surface area (Å²) in [7, 11) is 0. The van der Waals surface area contributed by atoms with Crippen LogP contribution >= 0.6 is 0 Å². The second-order valence-electron chi connectivity index (χ2n) is 6.53. The molecule has 1 unspecified atom stereocenters. The average molecular weight is 399 g/mol. The van der Waals surface area contributed by atoms with E-state index in [1.807, 2.05) is 56.3 Å². The Kier molecular flexibility index (Phi) is 9.02. The smallest absolute Gasteiger partial charge is 0.277 e. The maximum atomic E-state index is 11.9. The number of carbonyl (C=O) groups is 1. The van der Waals surface area contributed by atoms with Gasteiger partial charge in [0, 0.05) is 0 Å². The highest BCUT2D eigenvalue weighted by Gasteiger charge is 2.06. The number of hydrogen-bond acceptors (Lipinski definition) is 5. The van der Waals surface area contributed by atoms with E-state index in [0.717, 1.165) is 12.0 Å². The van der Waals surface area contributed by atoms with Crippen LogP contribution in [0.1, 0.15) is 51.2 Å². The molecule has 2 aromatic rings. The fourth-order valence-corrected chi connectivity index (χ4v) is 2.64. The minimum Gasteiger partial charge on any atom is -0.490 e. The van der Waals surface area contributed by atoms with E-state index in [0.29, 0.717) is 36.4 Å². The first-order valence-electron chi connectivity index (χ1n) is 10.0. The molecular weight excluding hydrogens is 368 g/mol. The number of nitrogens with zero attached hydrogens (tertiary/aromatic N) is 1. The highest BCUT2D eigenvalue weighted by atomic mass is 16.5. The fraction of sp³-hybridized carbons (Fsp3) is 0.391. The predicted octanol–water partition coefficient (Wildman–Crippen LogP) is 4.53. The summed E-state index contributed by atoms with van der Waals surface area (Å²) < 4.78 is 16.6. The SMILES string of the molecule is CCOc1ccc(/C=N/NC(=O)COc2ccc(C(C)CC)cc2)cc1OCC. The molecule has 29 heavy (non-hydrogen) atoms. The quantitative estimate of drug-likeness (QED) is 0.446. The Morgan fingerprint density at radius 1 is 1.00 bits per heavy atom. The van der Waals surface area contributed by atoms with Crippen LogP contribution in [-0.4, -0.2) is 31.9 Å². The topological polar surface area (TPSA) is 69.2 Å². The molecule has 1 amide bonds. The first kappa shape index (κ1) is 22.3. The lowest BCUT2D eigenvalue weighted by molar-refractivity contribution is -0.123. The zero-order chi connectivity index (χ0) is 21.1. The van der Waals surface area contributed by atoms with Crippen LogP contribution in [0.2, 0.25) is 0 Å². The standard InChI is InChI=1S/C23H30N2O4/c1-5-17(4)19-9-11-20(12-10-19)29-16-23(26)25-24-15-18-8-13-21(27-6-2)22(14-18)28-7-3/h8-15,17H,5-7,16H2,1-4H3,(H,25,26)/b24-15+. The maximum absolute atomic E-state index is 11.9. The number of rotatable bonds is 11. The second kappa shape index (κ2) is 11.7. The summed E-state index contributed by atoms with van der Waals surface area (Å²) in [5, 5.41) is 3.98. The van der Waals surface area contributed by atoms with Gasteiger partial charge in [-0.3, -0.25) is 4.79 Å². The molecule has 6 heteroatoms. The molecule has 0 heterocycles. The first-order valence-corrected chi connectivity index (χ1v) is 10.0. The number of hydrazone groups is 1. The summed E-state index contributed by atoms with van der Waals surface area (Å²) >= 11 is 0. The molecule has 0 spiro atoms. The van der Waals surface area contributed by atoms with E-state index in [4.69, 9.17) is 14.2 Å². The van der Waals surface area contributed by atoms with Crippen LogP contribution in [0.15, 0.2) is 47.6 Å². The van der Waals surface area contributed by atoms with Gasteiger partial charge in [-0.25, -0.2) is 5.43 Å². The van der Waals surface area contributed by atoms with Gasteiger partial charge in [-0.15, -0.1) is 0 Å². The Labute approximate surface area is 172 Å². The van der Waals surface area contributed by atoms with Crippen molar-refractivity contribution in [3.63, 3.8) is 0 Å². The molecule has 0 saturated carbocycles. The van der Waals surface area contributed by atoms with Crippen molar-refractivity contribution < 1.29 is 19.0 Å². The van der Waals surface area contributed by atoms with Crippen LogP contribution in [0.5, 0.6) is 17.2 Å². The lowest BCUT2D eigenvalue weighted by Crippen LogP contribution is -2.24. The van der Waals surface area contributed by atoms with Crippen LogP contribution in [-0.2, 0) is 4.79 Å². The largest absolute Gasteiger partial charge is 0.490 e. The van der Waals surface area contributed by atoms with E-state index in [-0.39, 0.29) is 12.5 Å². The maximum Gasteiger partial charge on any atom is 0.277 e. The lowest BCUT2D eigenvalue weighted by Gasteiger charge is -2.11. The van der Waals surface area contributed by atoms with Crippen LogP contribution in [0.25, 0.3) is 0 Å². The zero-order valence-corrected chi connectivity index (χ0v) is 17.6. The number of amides is 1. The molecule has 0 aliphatic rings. The van der Waals surface area contributed by atoms with Crippen molar-refractivity contribution >= 4 is 12.1 Å². The predicted molar refractivity (Wildman–Crippen MR) is 115 cm³/mol. The molecule has 6 nitrogen and oxygen atoms in total. The van der Waals surface area contributed by atoms with E-state index < -0.39 is 0 Å². The van der Waals surface area contributed by atoms with Crippen molar-refractivity contribution in [1.82, 2.24) is 5.43 Å². The molecule has 0 aromatic heterocycles. The van der Waals surface area contributed by atoms with Crippen molar-refractivity contribution in [3.8, 4) is 17.2 Å². The molecule has 0 bridgehead atoms. The molecule has 0 aliphatic carbocycles. The average Bonchev–Trinajstić information content (AvgIpc) is 2.74. The third-order valence-electron chi connectivity index (χ3n) is 4.40. The highest BCUT2D eigenvalue weighted by molar-refractivity contribution is 5.83. The van der Waals surface area contributed by atoms with Gasteiger partial charge in [-0.1, -0.05) is 26.0 Å². The van der Waals surface area contributed by atoms with Crippen LogP contribution < -0.4 is 19.6 Å². The van der Waals surface area contributed by atoms with Gasteiger partial charge in [0.2, 0.25) is 0 Å². The number of carbonyl (C=O) groups excluding carboxylic acids is 1. The summed E-state index contributed by atoms with van der Waals surface area (Å²) in [6.45, 7) is 9.16. The Bertz CT molecular complexity index is 803. The molecule has 2 aromatic carbocycles. The van der Waals surface area contributed by atoms with Gasteiger partial charge in [0.05, 0.1) is 19.4 Å². The number of nitrogens with one attached hydrogen (secondary N) is 1. The highest BCUT2D eigenvalue weighted by Crippen LogP contribution is 2.28. The van der Waals surface area contributed by atoms with Gasteiger partial charge in [0.25, 0.3) is 5.91 Å². The zero-order valence-electron chi connectivity index (χ0n) is 17.6. The van der Waals surface area contributed by atoms with E-state index in [9.17, 15) is 4.79 Å². The van der Waals surface area contributed by atoms with Gasteiger partial charge in [-0.2, -0.15) is 5.10 Å². The summed E-state index contributed by atoms with van der Waals surface area (Å²) in [4.78, 5) is 11.9. The van der Waals surface area contributed by atoms with E-state index in [2.05, 4.69) is 24.4 Å². The van der Waals surface area contributed by atoms with E-state index >= 15 is 0 Å². The van der Waals surface area contributed by atoms with Crippen molar-refractivity contribution in [3.05, 3.63) is 53.6 Å². The van der Waals surface area contributed by atoms with Crippen LogP contribution in [0.3, 0.4) is 0 Å². The van der Waals surface area contributed by atoms with Gasteiger partial charge in [-0.05, 0) is 67.6 Å². The molecule has 1 atom stereocenters. The summed E-state index contributed by atoms with van der Waals surface area (Å²) in [6.07, 6.45) is 2.64. The molecule has 2 rings (SSSR count). The Morgan fingerprint density at radius 2 is 1.69 bits per heavy atom. The number of hydrogen-bond donors (Lipinski definition) is 1. The second-order valence-corrected chi connectivity index (χ2v) is 6.53. The van der Waals surface area contributed by atoms with E-state index in [1.54, 1.807) is 6.21 Å².